The molecular weight excluding hydrogens is 493 g/mol. The fourth-order valence-electron chi connectivity index (χ4n) is 2.55. The number of nitrogens with zero attached hydrogens (tertiary/aromatic N) is 1. The van der Waals surface area contributed by atoms with Crippen LogP contribution >= 0.6 is 24.0 Å². The van der Waals surface area contributed by atoms with E-state index >= 15 is 0 Å². The average molecular weight is 522 g/mol. The first-order chi connectivity index (χ1) is 16.2. The molecule has 0 atom stereocenters. The number of carbonyl (C=O) groups excluding carboxylic acids is 1. The van der Waals surface area contributed by atoms with Crippen molar-refractivity contribution in [2.24, 2.45) is 0 Å². The lowest BCUT2D eigenvalue weighted by Crippen LogP contribution is -2.22. The fraction of sp³-hybridized carbons (Fsp3) is 0.192. The number of esters is 1. The summed E-state index contributed by atoms with van der Waals surface area (Å²) in [6.45, 7) is 0.984. The van der Waals surface area contributed by atoms with Gasteiger partial charge in [0.05, 0.1) is 0 Å². The summed E-state index contributed by atoms with van der Waals surface area (Å²) in [5.74, 6) is 0.489. The Balaban J connectivity index is 0.000000340. The maximum atomic E-state index is 11.3. The normalized spacial score (nSPS) is 10.3. The molecule has 188 valence electrons. The lowest BCUT2D eigenvalue weighted by molar-refractivity contribution is -0.146. The van der Waals surface area contributed by atoms with Gasteiger partial charge in [0, 0.05) is 17.6 Å². The van der Waals surface area contributed by atoms with Crippen LogP contribution in [-0.2, 0) is 9.53 Å². The van der Waals surface area contributed by atoms with Crippen LogP contribution in [0.3, 0.4) is 0 Å². The largest absolute Gasteiger partial charge is 0.508 e. The summed E-state index contributed by atoms with van der Waals surface area (Å²) in [7, 11) is 3.83. The Hall–Kier alpha value is -3.39. The predicted octanol–water partition coefficient (Wildman–Crippen LogP) is 5.22. The smallest absolute Gasteiger partial charge is 0.344 e. The SMILES string of the molecule is CN(C)CCOC(=O)COc1ccc(Cl)cc1.Cl.Oc1ccc(C=Cc2cc(O)cc(O)c2)cc1. The molecule has 7 nitrogen and oxygen atoms in total. The summed E-state index contributed by atoms with van der Waals surface area (Å²) in [5, 5.41) is 28.4. The van der Waals surface area contributed by atoms with Gasteiger partial charge >= 0.3 is 5.97 Å². The molecule has 3 rings (SSSR count). The van der Waals surface area contributed by atoms with Gasteiger partial charge in [0.15, 0.2) is 6.61 Å². The maximum Gasteiger partial charge on any atom is 0.344 e. The van der Waals surface area contributed by atoms with E-state index in [1.807, 2.05) is 25.1 Å². The second kappa shape index (κ2) is 15.5. The lowest BCUT2D eigenvalue weighted by Gasteiger charge is -2.10. The van der Waals surface area contributed by atoms with Crippen molar-refractivity contribution in [2.45, 2.75) is 0 Å². The van der Waals surface area contributed by atoms with Gasteiger partial charge in [-0.1, -0.05) is 35.9 Å². The summed E-state index contributed by atoms with van der Waals surface area (Å²) in [4.78, 5) is 13.2. The number of benzene rings is 3. The Kier molecular flexibility index (Phi) is 13.1. The number of ether oxygens (including phenoxy) is 2. The number of phenolic OH excluding ortho intramolecular Hbond substituents is 3. The molecule has 0 aromatic heterocycles. The van der Waals surface area contributed by atoms with Gasteiger partial charge in [-0.3, -0.25) is 0 Å². The molecule has 0 heterocycles. The summed E-state index contributed by atoms with van der Waals surface area (Å²) in [6.07, 6.45) is 3.60. The molecular formula is C26H29Cl2NO6. The molecule has 3 N–H and O–H groups in total. The lowest BCUT2D eigenvalue weighted by atomic mass is 10.1. The number of hydrogen-bond acceptors (Lipinski definition) is 7. The third kappa shape index (κ3) is 12.6. The molecule has 9 heteroatoms. The Morgan fingerprint density at radius 3 is 2.00 bits per heavy atom. The highest BCUT2D eigenvalue weighted by Gasteiger charge is 2.04. The summed E-state index contributed by atoms with van der Waals surface area (Å²) in [5.41, 5.74) is 1.63. The first-order valence-corrected chi connectivity index (χ1v) is 10.8. The van der Waals surface area contributed by atoms with Crippen LogP contribution in [0, 0.1) is 0 Å². The Labute approximate surface area is 216 Å². The summed E-state index contributed by atoms with van der Waals surface area (Å²) >= 11 is 5.72. The van der Waals surface area contributed by atoms with Crippen LogP contribution in [0.2, 0.25) is 5.02 Å². The number of phenols is 3. The molecule has 3 aromatic carbocycles. The molecule has 0 aliphatic carbocycles. The molecule has 0 saturated heterocycles. The molecule has 0 bridgehead atoms. The summed E-state index contributed by atoms with van der Waals surface area (Å²) in [6, 6.07) is 17.9. The van der Waals surface area contributed by atoms with Gasteiger partial charge in [0.25, 0.3) is 0 Å². The van der Waals surface area contributed by atoms with Gasteiger partial charge in [-0.25, -0.2) is 4.79 Å². The molecule has 0 spiro atoms. The van der Waals surface area contributed by atoms with Crippen LogP contribution in [-0.4, -0.2) is 60.0 Å². The molecule has 3 aromatic rings. The van der Waals surface area contributed by atoms with E-state index in [0.29, 0.717) is 29.5 Å². The molecule has 0 amide bonds. The van der Waals surface area contributed by atoms with Crippen molar-refractivity contribution in [3.63, 3.8) is 0 Å². The second-order valence-electron chi connectivity index (χ2n) is 7.47. The molecule has 35 heavy (non-hydrogen) atoms. The Morgan fingerprint density at radius 1 is 0.857 bits per heavy atom. The highest BCUT2D eigenvalue weighted by atomic mass is 35.5. The fourth-order valence-corrected chi connectivity index (χ4v) is 2.67. The number of rotatable bonds is 8. The first-order valence-electron chi connectivity index (χ1n) is 10.4. The molecule has 0 radical (unpaired) electrons. The van der Waals surface area contributed by atoms with Crippen molar-refractivity contribution in [3.8, 4) is 23.0 Å². The number of carbonyl (C=O) groups is 1. The molecule has 0 aliphatic heterocycles. The van der Waals surface area contributed by atoms with E-state index in [1.54, 1.807) is 66.7 Å². The molecule has 0 aliphatic rings. The Bertz CT molecular complexity index is 1050. The van der Waals surface area contributed by atoms with E-state index in [9.17, 15) is 15.0 Å². The molecule has 0 saturated carbocycles. The van der Waals surface area contributed by atoms with Crippen molar-refractivity contribution < 1.29 is 29.6 Å². The third-order valence-corrected chi connectivity index (χ3v) is 4.51. The van der Waals surface area contributed by atoms with Gasteiger partial charge < -0.3 is 29.7 Å². The quantitative estimate of drug-likeness (QED) is 0.276. The van der Waals surface area contributed by atoms with Gasteiger partial charge in [0.2, 0.25) is 0 Å². The van der Waals surface area contributed by atoms with E-state index in [0.717, 1.165) is 5.56 Å². The van der Waals surface area contributed by atoms with E-state index in [4.69, 9.17) is 26.2 Å². The Morgan fingerprint density at radius 2 is 1.43 bits per heavy atom. The van der Waals surface area contributed by atoms with Crippen LogP contribution in [0.15, 0.2) is 66.7 Å². The topological polar surface area (TPSA) is 99.5 Å². The zero-order valence-corrected chi connectivity index (χ0v) is 21.0. The van der Waals surface area contributed by atoms with E-state index in [-0.39, 0.29) is 42.2 Å². The van der Waals surface area contributed by atoms with Gasteiger partial charge in [0.1, 0.15) is 29.6 Å². The van der Waals surface area contributed by atoms with Gasteiger partial charge in [-0.2, -0.15) is 0 Å². The monoisotopic (exact) mass is 521 g/mol. The van der Waals surface area contributed by atoms with E-state index in [1.165, 1.54) is 6.07 Å². The van der Waals surface area contributed by atoms with Crippen molar-refractivity contribution in [1.29, 1.82) is 0 Å². The minimum atomic E-state index is -0.373. The minimum Gasteiger partial charge on any atom is -0.508 e. The number of likely N-dealkylation sites (N-methyl/N-ethyl adjacent to an activating group) is 1. The van der Waals surface area contributed by atoms with Crippen molar-refractivity contribution in [2.75, 3.05) is 33.9 Å². The van der Waals surface area contributed by atoms with E-state index in [2.05, 4.69) is 0 Å². The number of aromatic hydroxyl groups is 3. The average Bonchev–Trinajstić information content (AvgIpc) is 2.78. The van der Waals surface area contributed by atoms with Crippen molar-refractivity contribution in [1.82, 2.24) is 4.90 Å². The van der Waals surface area contributed by atoms with Crippen LogP contribution in [0.25, 0.3) is 12.2 Å². The minimum absolute atomic E-state index is 0. The highest BCUT2D eigenvalue weighted by molar-refractivity contribution is 6.30. The first kappa shape index (κ1) is 29.6. The standard InChI is InChI=1S/C14H12O3.C12H16ClNO3.ClH/c15-12-5-3-10(4-6-12)1-2-11-7-13(16)9-14(17)8-11;1-14(2)7-8-16-12(15)9-17-11-5-3-10(13)4-6-11;/h1-9,15-17H;3-6H,7-9H2,1-2H3;1H. The van der Waals surface area contributed by atoms with Crippen molar-refractivity contribution in [3.05, 3.63) is 82.9 Å². The number of halogens is 2. The molecule has 0 unspecified atom stereocenters. The van der Waals surface area contributed by atoms with Crippen molar-refractivity contribution >= 4 is 42.1 Å². The zero-order valence-electron chi connectivity index (χ0n) is 19.4. The molecule has 0 fully saturated rings. The third-order valence-electron chi connectivity index (χ3n) is 4.26. The zero-order chi connectivity index (χ0) is 24.9. The van der Waals surface area contributed by atoms with Crippen LogP contribution in [0.1, 0.15) is 11.1 Å². The second-order valence-corrected chi connectivity index (χ2v) is 7.91. The summed E-state index contributed by atoms with van der Waals surface area (Å²) < 4.78 is 10.2. The van der Waals surface area contributed by atoms with Crippen LogP contribution < -0.4 is 4.74 Å². The van der Waals surface area contributed by atoms with Gasteiger partial charge in [-0.05, 0) is 73.8 Å². The maximum absolute atomic E-state index is 11.3. The van der Waals surface area contributed by atoms with Crippen LogP contribution in [0.4, 0.5) is 0 Å². The number of hydrogen-bond donors (Lipinski definition) is 3. The van der Waals surface area contributed by atoms with Crippen LogP contribution in [0.5, 0.6) is 23.0 Å². The highest BCUT2D eigenvalue weighted by Crippen LogP contribution is 2.22. The predicted molar refractivity (Wildman–Crippen MR) is 141 cm³/mol. The van der Waals surface area contributed by atoms with E-state index < -0.39 is 0 Å². The van der Waals surface area contributed by atoms with Gasteiger partial charge in [-0.15, -0.1) is 12.4 Å².